The zero-order chi connectivity index (χ0) is 8.41. The largest absolute Gasteiger partial charge is 0.437 e. The van der Waals surface area contributed by atoms with Crippen LogP contribution in [0.2, 0.25) is 0 Å². The van der Waals surface area contributed by atoms with E-state index in [0.717, 1.165) is 6.92 Å². The number of nitrogens with two attached hydrogens (primary N) is 1. The average Bonchev–Trinajstić information content (AvgIpc) is 1.61. The Morgan fingerprint density at radius 2 is 1.80 bits per heavy atom. The van der Waals surface area contributed by atoms with E-state index in [1.54, 1.807) is 0 Å². The summed E-state index contributed by atoms with van der Waals surface area (Å²) in [4.78, 5) is 25.8. The van der Waals surface area contributed by atoms with Crippen molar-refractivity contribution in [3.05, 3.63) is 0 Å². The molecule has 0 aliphatic heterocycles. The molecular weight excluding hydrogens is 157 g/mol. The second-order valence-electron chi connectivity index (χ2n) is 2.32. The van der Waals surface area contributed by atoms with Crippen molar-refractivity contribution in [3.8, 4) is 0 Å². The molecule has 6 N–H and O–H groups in total. The number of hydrogen-bond donors (Lipinski definition) is 5. The highest BCUT2D eigenvalue weighted by Crippen LogP contribution is 2.57. The third kappa shape index (κ3) is 2.46. The van der Waals surface area contributed by atoms with Crippen LogP contribution in [0.4, 0.5) is 0 Å². The van der Waals surface area contributed by atoms with Crippen molar-refractivity contribution in [2.45, 2.75) is 18.7 Å². The monoisotopic (exact) mass is 170 g/mol. The Kier molecular flexibility index (Phi) is 3.16. The summed E-state index contributed by atoms with van der Waals surface area (Å²) in [6, 6.07) is 0. The summed E-state index contributed by atoms with van der Waals surface area (Å²) in [6.07, 6.45) is -0.0374. The second-order valence-corrected chi connectivity index (χ2v) is 4.42. The van der Waals surface area contributed by atoms with E-state index in [9.17, 15) is 0 Å². The van der Waals surface area contributed by atoms with Crippen LogP contribution in [-0.2, 0) is 0 Å². The maximum Gasteiger partial charge on any atom is 0.437 e. The lowest BCUT2D eigenvalue weighted by atomic mass is 10.3. The third-order valence-electron chi connectivity index (χ3n) is 1.26. The summed E-state index contributed by atoms with van der Waals surface area (Å²) in [6.45, 7) is 1.23. The first-order chi connectivity index (χ1) is 4.31. The first-order valence-electron chi connectivity index (χ1n) is 2.81. The lowest BCUT2D eigenvalue weighted by Gasteiger charge is -2.21. The van der Waals surface area contributed by atoms with E-state index in [1.165, 1.54) is 0 Å². The minimum absolute atomic E-state index is 0.0374. The topological polar surface area (TPSA) is 107 Å². The predicted octanol–water partition coefficient (Wildman–Crippen LogP) is -1.22. The third-order valence-corrected chi connectivity index (χ3v) is 2.78. The molecule has 0 aromatic carbocycles. The molecule has 1 unspecified atom stereocenters. The smallest absolute Gasteiger partial charge is 0.351 e. The molecule has 0 aromatic heterocycles. The van der Waals surface area contributed by atoms with Gasteiger partial charge in [-0.25, -0.2) is 0 Å². The van der Waals surface area contributed by atoms with E-state index in [0.29, 0.717) is 0 Å². The Labute approximate surface area is 59.7 Å². The lowest BCUT2D eigenvalue weighted by Crippen LogP contribution is -2.30. The van der Waals surface area contributed by atoms with Crippen molar-refractivity contribution in [1.29, 1.82) is 0 Å². The van der Waals surface area contributed by atoms with Gasteiger partial charge in [-0.15, -0.1) is 0 Å². The van der Waals surface area contributed by atoms with Gasteiger partial charge in [-0.3, -0.25) is 0 Å². The van der Waals surface area contributed by atoms with E-state index < -0.39 is 13.3 Å². The summed E-state index contributed by atoms with van der Waals surface area (Å²) >= 11 is 0. The summed E-state index contributed by atoms with van der Waals surface area (Å²) in [5, 5.41) is 7.21. The molecule has 0 aliphatic rings. The molecule has 0 heterocycles. The van der Waals surface area contributed by atoms with Crippen LogP contribution >= 0.6 is 7.94 Å². The highest BCUT2D eigenvalue weighted by molar-refractivity contribution is 7.60. The fourth-order valence-corrected chi connectivity index (χ4v) is 0.853. The molecule has 5 nitrogen and oxygen atoms in total. The molecule has 62 valence electrons. The minimum Gasteiger partial charge on any atom is -0.351 e. The number of hydrogen-bond acceptors (Lipinski definition) is 5. The Balaban J connectivity index is 4.10. The quantitative estimate of drug-likeness (QED) is 0.341. The summed E-state index contributed by atoms with van der Waals surface area (Å²) in [5.41, 5.74) is 5.04. The van der Waals surface area contributed by atoms with Gasteiger partial charge < -0.3 is 10.8 Å². The van der Waals surface area contributed by atoms with Crippen molar-refractivity contribution in [1.82, 2.24) is 0 Å². The van der Waals surface area contributed by atoms with Crippen LogP contribution in [0.25, 0.3) is 0 Å². The van der Waals surface area contributed by atoms with Crippen molar-refractivity contribution < 1.29 is 19.8 Å². The van der Waals surface area contributed by atoms with Crippen LogP contribution in [0.15, 0.2) is 0 Å². The van der Waals surface area contributed by atoms with Gasteiger partial charge in [0.05, 0.1) is 0 Å². The van der Waals surface area contributed by atoms with Gasteiger partial charge in [0.1, 0.15) is 0 Å². The number of aliphatic hydroxyl groups is 1. The zero-order valence-electron chi connectivity index (χ0n) is 5.73. The minimum atomic E-state index is -4.16. The maximum absolute atomic E-state index is 9.07. The number of rotatable bonds is 3. The summed E-state index contributed by atoms with van der Waals surface area (Å²) < 4.78 is 0. The van der Waals surface area contributed by atoms with Crippen LogP contribution in [-0.4, -0.2) is 31.7 Å². The van der Waals surface area contributed by atoms with Gasteiger partial charge in [0, 0.05) is 13.3 Å². The molecule has 0 aromatic rings. The first kappa shape index (κ1) is 10.2. The fraction of sp³-hybridized carbons (Fsp3) is 1.00. The molecule has 0 rings (SSSR count). The molecule has 1 atom stereocenters. The molecule has 0 saturated carbocycles. The molecule has 0 radical (unpaired) electrons. The molecule has 6 heteroatoms. The summed E-state index contributed by atoms with van der Waals surface area (Å²) in [7, 11) is -4.16. The van der Waals surface area contributed by atoms with Crippen LogP contribution in [0.1, 0.15) is 13.3 Å². The Bertz CT molecular complexity index is 110. The first-order valence-corrected chi connectivity index (χ1v) is 4.46. The van der Waals surface area contributed by atoms with Gasteiger partial charge in [0.25, 0.3) is 5.34 Å². The van der Waals surface area contributed by atoms with Crippen molar-refractivity contribution in [3.63, 3.8) is 0 Å². The van der Waals surface area contributed by atoms with E-state index in [-0.39, 0.29) is 13.0 Å². The van der Waals surface area contributed by atoms with E-state index in [1.807, 2.05) is 0 Å². The zero-order valence-corrected chi connectivity index (χ0v) is 6.62. The SMILES string of the molecule is CC(O)(CCN)[P+](O)(O)O. The van der Waals surface area contributed by atoms with E-state index >= 15 is 0 Å². The van der Waals surface area contributed by atoms with Gasteiger partial charge in [-0.05, 0) is 6.54 Å². The highest BCUT2D eigenvalue weighted by atomic mass is 31.2. The van der Waals surface area contributed by atoms with Gasteiger partial charge in [-0.1, -0.05) is 0 Å². The molecule has 0 fully saturated rings. The molecule has 0 spiro atoms. The molecule has 0 amide bonds. The second kappa shape index (κ2) is 3.09. The van der Waals surface area contributed by atoms with Crippen molar-refractivity contribution in [2.75, 3.05) is 6.54 Å². The standard InChI is InChI=1S/C4H13NO4P/c1-4(6,2-3-5)10(7,8)9/h6-9H,2-3,5H2,1H3/q+1. The van der Waals surface area contributed by atoms with Gasteiger partial charge >= 0.3 is 7.94 Å². The highest BCUT2D eigenvalue weighted by Gasteiger charge is 2.52. The van der Waals surface area contributed by atoms with E-state index in [4.69, 9.17) is 25.5 Å². The van der Waals surface area contributed by atoms with Gasteiger partial charge in [0.2, 0.25) is 0 Å². The maximum atomic E-state index is 9.07. The predicted molar refractivity (Wildman–Crippen MR) is 37.9 cm³/mol. The normalized spacial score (nSPS) is 18.6. The molecule has 10 heavy (non-hydrogen) atoms. The van der Waals surface area contributed by atoms with E-state index in [2.05, 4.69) is 0 Å². The Morgan fingerprint density at radius 3 is 1.90 bits per heavy atom. The van der Waals surface area contributed by atoms with Gasteiger partial charge in [-0.2, -0.15) is 14.7 Å². The van der Waals surface area contributed by atoms with Crippen LogP contribution in [0.5, 0.6) is 0 Å². The van der Waals surface area contributed by atoms with Crippen LogP contribution < -0.4 is 5.73 Å². The molecule has 0 aliphatic carbocycles. The summed E-state index contributed by atoms with van der Waals surface area (Å²) in [5.74, 6) is 0. The Morgan fingerprint density at radius 1 is 1.40 bits per heavy atom. The Hall–Kier alpha value is 0.230. The fourth-order valence-electron chi connectivity index (χ4n) is 0.423. The van der Waals surface area contributed by atoms with Crippen molar-refractivity contribution in [2.24, 2.45) is 5.73 Å². The van der Waals surface area contributed by atoms with Gasteiger partial charge in [0.15, 0.2) is 0 Å². The average molecular weight is 170 g/mol. The molecular formula is C4H13NO4P+. The molecule has 0 saturated heterocycles. The van der Waals surface area contributed by atoms with Crippen molar-refractivity contribution >= 4 is 7.94 Å². The molecule has 0 bridgehead atoms. The van der Waals surface area contributed by atoms with Crippen LogP contribution in [0.3, 0.4) is 0 Å². The lowest BCUT2D eigenvalue weighted by molar-refractivity contribution is 0.0879. The van der Waals surface area contributed by atoms with Crippen LogP contribution in [0, 0.1) is 0 Å².